The zero-order valence-electron chi connectivity index (χ0n) is 8.95. The lowest BCUT2D eigenvalue weighted by Crippen LogP contribution is -2.45. The van der Waals surface area contributed by atoms with Crippen molar-refractivity contribution in [2.75, 3.05) is 6.54 Å². The number of hydrogen-bond acceptors (Lipinski definition) is 3. The minimum absolute atomic E-state index is 0.00500. The third kappa shape index (κ3) is 3.87. The predicted molar refractivity (Wildman–Crippen MR) is 55.5 cm³/mol. The highest BCUT2D eigenvalue weighted by atomic mass is 16.4. The van der Waals surface area contributed by atoms with Crippen LogP contribution in [-0.4, -0.2) is 35.6 Å². The quantitative estimate of drug-likeness (QED) is 0.607. The molecule has 15 heavy (non-hydrogen) atoms. The van der Waals surface area contributed by atoms with Crippen LogP contribution in [0.5, 0.6) is 0 Å². The molecule has 1 rings (SSSR count). The lowest BCUT2D eigenvalue weighted by atomic mass is 10.1. The van der Waals surface area contributed by atoms with Crippen LogP contribution < -0.4 is 10.6 Å². The zero-order valence-corrected chi connectivity index (χ0v) is 8.95. The summed E-state index contributed by atoms with van der Waals surface area (Å²) in [7, 11) is 0. The van der Waals surface area contributed by atoms with Crippen molar-refractivity contribution >= 4 is 11.9 Å². The second-order valence-electron chi connectivity index (χ2n) is 3.86. The first-order valence-corrected chi connectivity index (χ1v) is 5.39. The molecule has 1 fully saturated rings. The fraction of sp³-hybridized carbons (Fsp3) is 0.800. The summed E-state index contributed by atoms with van der Waals surface area (Å²) in [4.78, 5) is 22.1. The monoisotopic (exact) mass is 214 g/mol. The van der Waals surface area contributed by atoms with Crippen LogP contribution >= 0.6 is 0 Å². The van der Waals surface area contributed by atoms with Gasteiger partial charge in [-0.05, 0) is 25.8 Å². The van der Waals surface area contributed by atoms with Crippen LogP contribution in [0.1, 0.15) is 32.6 Å². The van der Waals surface area contributed by atoms with E-state index < -0.39 is 5.97 Å². The molecule has 0 aromatic carbocycles. The number of rotatable bonds is 5. The van der Waals surface area contributed by atoms with Crippen LogP contribution in [0.2, 0.25) is 0 Å². The van der Waals surface area contributed by atoms with Gasteiger partial charge in [-0.1, -0.05) is 6.92 Å². The summed E-state index contributed by atoms with van der Waals surface area (Å²) in [5.41, 5.74) is 0. The van der Waals surface area contributed by atoms with Crippen LogP contribution in [0.15, 0.2) is 0 Å². The minimum Gasteiger partial charge on any atom is -0.481 e. The maximum Gasteiger partial charge on any atom is 0.305 e. The van der Waals surface area contributed by atoms with Gasteiger partial charge in [-0.25, -0.2) is 0 Å². The molecule has 3 N–H and O–H groups in total. The van der Waals surface area contributed by atoms with Crippen LogP contribution in [0, 0.1) is 0 Å². The van der Waals surface area contributed by atoms with Gasteiger partial charge in [0.25, 0.3) is 0 Å². The van der Waals surface area contributed by atoms with E-state index in [4.69, 9.17) is 5.11 Å². The molecule has 1 aliphatic heterocycles. The van der Waals surface area contributed by atoms with Crippen molar-refractivity contribution in [3.8, 4) is 0 Å². The smallest absolute Gasteiger partial charge is 0.305 e. The standard InChI is InChI=1S/C10H18N2O3/c1-2-7(6-9(13)14)12-10(15)8-4-3-5-11-8/h7-8,11H,2-6H2,1H3,(H,12,15)(H,13,14)/t7?,8-/m0/s1. The fourth-order valence-electron chi connectivity index (χ4n) is 1.72. The van der Waals surface area contributed by atoms with E-state index in [1.165, 1.54) is 0 Å². The highest BCUT2D eigenvalue weighted by Gasteiger charge is 2.24. The Bertz CT molecular complexity index is 237. The van der Waals surface area contributed by atoms with Gasteiger partial charge in [0.15, 0.2) is 0 Å². The normalized spacial score (nSPS) is 22.3. The van der Waals surface area contributed by atoms with Crippen LogP contribution in [0.25, 0.3) is 0 Å². The van der Waals surface area contributed by atoms with Crippen LogP contribution in [-0.2, 0) is 9.59 Å². The minimum atomic E-state index is -0.874. The average molecular weight is 214 g/mol. The molecule has 0 aliphatic carbocycles. The first-order valence-electron chi connectivity index (χ1n) is 5.39. The number of hydrogen-bond donors (Lipinski definition) is 3. The highest BCUT2D eigenvalue weighted by molar-refractivity contribution is 5.82. The van der Waals surface area contributed by atoms with E-state index in [9.17, 15) is 9.59 Å². The Balaban J connectivity index is 2.36. The van der Waals surface area contributed by atoms with Gasteiger partial charge in [-0.3, -0.25) is 9.59 Å². The van der Waals surface area contributed by atoms with Crippen molar-refractivity contribution in [1.82, 2.24) is 10.6 Å². The molecule has 0 saturated carbocycles. The van der Waals surface area contributed by atoms with Crippen molar-refractivity contribution < 1.29 is 14.7 Å². The fourth-order valence-corrected chi connectivity index (χ4v) is 1.72. The van der Waals surface area contributed by atoms with E-state index in [2.05, 4.69) is 10.6 Å². The van der Waals surface area contributed by atoms with Gasteiger partial charge >= 0.3 is 5.97 Å². The predicted octanol–water partition coefficient (Wildman–Crippen LogP) is 0.108. The average Bonchev–Trinajstić information content (AvgIpc) is 2.68. The number of carbonyl (C=O) groups excluding carboxylic acids is 1. The Kier molecular flexibility index (Phi) is 4.55. The molecule has 0 spiro atoms. The topological polar surface area (TPSA) is 78.4 Å². The van der Waals surface area contributed by atoms with E-state index in [1.807, 2.05) is 6.92 Å². The van der Waals surface area contributed by atoms with Gasteiger partial charge in [-0.15, -0.1) is 0 Å². The number of amides is 1. The van der Waals surface area contributed by atoms with Crippen molar-refractivity contribution in [3.05, 3.63) is 0 Å². The lowest BCUT2D eigenvalue weighted by Gasteiger charge is -2.17. The first-order chi connectivity index (χ1) is 7.13. The largest absolute Gasteiger partial charge is 0.481 e. The SMILES string of the molecule is CCC(CC(=O)O)NC(=O)[C@@H]1CCCN1. The van der Waals surface area contributed by atoms with Crippen molar-refractivity contribution in [2.45, 2.75) is 44.7 Å². The summed E-state index contributed by atoms with van der Waals surface area (Å²) >= 11 is 0. The molecular weight excluding hydrogens is 196 g/mol. The van der Waals surface area contributed by atoms with Gasteiger partial charge in [0.2, 0.25) is 5.91 Å². The molecule has 0 aromatic heterocycles. The molecule has 0 bridgehead atoms. The second kappa shape index (κ2) is 5.70. The number of carboxylic acids is 1. The molecule has 5 nitrogen and oxygen atoms in total. The Morgan fingerprint density at radius 1 is 1.60 bits per heavy atom. The molecule has 1 unspecified atom stereocenters. The summed E-state index contributed by atoms with van der Waals surface area (Å²) in [6.07, 6.45) is 2.49. The number of nitrogens with one attached hydrogen (secondary N) is 2. The van der Waals surface area contributed by atoms with Crippen molar-refractivity contribution in [1.29, 1.82) is 0 Å². The molecule has 1 amide bonds. The summed E-state index contributed by atoms with van der Waals surface area (Å²) in [5, 5.41) is 14.5. The molecule has 2 atom stereocenters. The summed E-state index contributed by atoms with van der Waals surface area (Å²) in [5.74, 6) is -0.942. The second-order valence-corrected chi connectivity index (χ2v) is 3.86. The molecule has 1 aliphatic rings. The zero-order chi connectivity index (χ0) is 11.3. The molecule has 1 saturated heterocycles. The van der Waals surface area contributed by atoms with E-state index in [0.29, 0.717) is 6.42 Å². The summed E-state index contributed by atoms with van der Waals surface area (Å²) in [6, 6.07) is -0.384. The molecular formula is C10H18N2O3. The molecule has 1 heterocycles. The molecule has 86 valence electrons. The summed E-state index contributed by atoms with van der Waals surface area (Å²) < 4.78 is 0. The number of carbonyl (C=O) groups is 2. The van der Waals surface area contributed by atoms with Crippen molar-refractivity contribution in [3.63, 3.8) is 0 Å². The Morgan fingerprint density at radius 2 is 2.33 bits per heavy atom. The Labute approximate surface area is 89.2 Å². The third-order valence-corrected chi connectivity index (χ3v) is 2.64. The number of carboxylic acid groups (broad SMARTS) is 1. The van der Waals surface area contributed by atoms with E-state index in [0.717, 1.165) is 19.4 Å². The van der Waals surface area contributed by atoms with Gasteiger partial charge < -0.3 is 15.7 Å². The molecule has 0 radical (unpaired) electrons. The van der Waals surface area contributed by atoms with Gasteiger partial charge in [-0.2, -0.15) is 0 Å². The highest BCUT2D eigenvalue weighted by Crippen LogP contribution is 2.06. The van der Waals surface area contributed by atoms with Crippen molar-refractivity contribution in [2.24, 2.45) is 0 Å². The van der Waals surface area contributed by atoms with Gasteiger partial charge in [0.05, 0.1) is 12.5 Å². The first kappa shape index (κ1) is 12.0. The third-order valence-electron chi connectivity index (χ3n) is 2.64. The van der Waals surface area contributed by atoms with Gasteiger partial charge in [0, 0.05) is 6.04 Å². The number of aliphatic carboxylic acids is 1. The summed E-state index contributed by atoms with van der Waals surface area (Å²) in [6.45, 7) is 2.74. The van der Waals surface area contributed by atoms with E-state index in [1.54, 1.807) is 0 Å². The Morgan fingerprint density at radius 3 is 2.80 bits per heavy atom. The Hall–Kier alpha value is -1.10. The van der Waals surface area contributed by atoms with Crippen LogP contribution in [0.4, 0.5) is 0 Å². The maximum atomic E-state index is 11.6. The van der Waals surface area contributed by atoms with E-state index in [-0.39, 0.29) is 24.4 Å². The van der Waals surface area contributed by atoms with Crippen LogP contribution in [0.3, 0.4) is 0 Å². The lowest BCUT2D eigenvalue weighted by molar-refractivity contribution is -0.137. The molecule has 0 aromatic rings. The van der Waals surface area contributed by atoms with Gasteiger partial charge in [0.1, 0.15) is 0 Å². The molecule has 5 heteroatoms. The van der Waals surface area contributed by atoms with E-state index >= 15 is 0 Å². The maximum absolute atomic E-state index is 11.6.